The van der Waals surface area contributed by atoms with Crippen molar-refractivity contribution < 1.29 is 9.13 Å². The normalized spacial score (nSPS) is 15.2. The summed E-state index contributed by atoms with van der Waals surface area (Å²) < 4.78 is 21.3. The van der Waals surface area contributed by atoms with Crippen LogP contribution in [-0.2, 0) is 17.0 Å². The number of hydrogen-bond acceptors (Lipinski definition) is 3. The third kappa shape index (κ3) is 2.78. The maximum Gasteiger partial charge on any atom is 0.168 e. The third-order valence-corrected chi connectivity index (χ3v) is 3.18. The molecule has 0 saturated carbocycles. The predicted molar refractivity (Wildman–Crippen MR) is 65.8 cm³/mol. The number of hydrogen-bond donors (Lipinski definition) is 1. The fraction of sp³-hybridized carbons (Fsp3) is 0.727. The highest BCUT2D eigenvalue weighted by atomic mass is 35.5. The first-order valence-corrected chi connectivity index (χ1v) is 5.94. The van der Waals surface area contributed by atoms with Crippen LogP contribution in [0.4, 0.5) is 4.39 Å². The Balaban J connectivity index is 3.13. The van der Waals surface area contributed by atoms with Gasteiger partial charge < -0.3 is 10.5 Å². The molecule has 1 unspecified atom stereocenters. The number of nitrogens with two attached hydrogens (primary N) is 1. The minimum absolute atomic E-state index is 0.122. The van der Waals surface area contributed by atoms with Crippen LogP contribution < -0.4 is 5.73 Å². The van der Waals surface area contributed by atoms with Crippen LogP contribution in [0.1, 0.15) is 19.5 Å². The molecule has 0 aromatic carbocycles. The van der Waals surface area contributed by atoms with Gasteiger partial charge in [0.2, 0.25) is 0 Å². The van der Waals surface area contributed by atoms with Crippen molar-refractivity contribution in [1.29, 1.82) is 0 Å². The van der Waals surface area contributed by atoms with E-state index in [2.05, 4.69) is 5.10 Å². The van der Waals surface area contributed by atoms with Gasteiger partial charge in [0.05, 0.1) is 30.1 Å². The summed E-state index contributed by atoms with van der Waals surface area (Å²) >= 11 is 6.01. The summed E-state index contributed by atoms with van der Waals surface area (Å²) in [5.41, 5.74) is 4.24. The summed E-state index contributed by atoms with van der Waals surface area (Å²) in [6, 6.07) is 0. The Labute approximate surface area is 106 Å². The highest BCUT2D eigenvalue weighted by Crippen LogP contribution is 2.37. The minimum Gasteiger partial charge on any atom is -0.383 e. The number of ether oxygens (including phenoxy) is 1. The van der Waals surface area contributed by atoms with Crippen molar-refractivity contribution in [3.05, 3.63) is 16.9 Å². The molecule has 1 aromatic rings. The molecule has 1 aromatic heterocycles. The number of halogens is 2. The maximum atomic E-state index is 14.8. The van der Waals surface area contributed by atoms with Crippen LogP contribution in [0.5, 0.6) is 0 Å². The van der Waals surface area contributed by atoms with E-state index < -0.39 is 5.67 Å². The fourth-order valence-corrected chi connectivity index (χ4v) is 2.03. The average molecular weight is 264 g/mol. The Kier molecular flexibility index (Phi) is 4.91. The lowest BCUT2D eigenvalue weighted by molar-refractivity contribution is 0.0932. The molecule has 0 bridgehead atoms. The number of nitrogens with zero attached hydrogens (tertiary/aromatic N) is 2. The summed E-state index contributed by atoms with van der Waals surface area (Å²) in [6.07, 6.45) is 1.44. The van der Waals surface area contributed by atoms with Crippen molar-refractivity contribution >= 4 is 11.6 Å². The topological polar surface area (TPSA) is 53.1 Å². The first-order valence-electron chi connectivity index (χ1n) is 5.57. The largest absolute Gasteiger partial charge is 0.383 e. The molecule has 0 radical (unpaired) electrons. The van der Waals surface area contributed by atoms with E-state index in [9.17, 15) is 4.39 Å². The van der Waals surface area contributed by atoms with E-state index in [0.717, 1.165) is 0 Å². The lowest BCUT2D eigenvalue weighted by Gasteiger charge is -2.29. The van der Waals surface area contributed by atoms with Crippen LogP contribution >= 0.6 is 11.6 Å². The van der Waals surface area contributed by atoms with Crippen LogP contribution in [0.15, 0.2) is 6.20 Å². The summed E-state index contributed by atoms with van der Waals surface area (Å²) in [7, 11) is 1.58. The van der Waals surface area contributed by atoms with Gasteiger partial charge in [-0.05, 0) is 5.92 Å². The molecule has 4 nitrogen and oxygen atoms in total. The number of rotatable bonds is 6. The van der Waals surface area contributed by atoms with E-state index in [-0.39, 0.29) is 12.5 Å². The zero-order valence-corrected chi connectivity index (χ0v) is 11.2. The summed E-state index contributed by atoms with van der Waals surface area (Å²) in [6.45, 7) is 4.33. The molecule has 0 aliphatic carbocycles. The maximum absolute atomic E-state index is 14.8. The molecule has 1 heterocycles. The minimum atomic E-state index is -1.67. The van der Waals surface area contributed by atoms with Crippen molar-refractivity contribution in [3.8, 4) is 0 Å². The van der Waals surface area contributed by atoms with Crippen LogP contribution in [0.3, 0.4) is 0 Å². The Bertz CT molecular complexity index is 370. The first-order chi connectivity index (χ1) is 7.97. The van der Waals surface area contributed by atoms with Crippen molar-refractivity contribution in [2.45, 2.75) is 26.1 Å². The summed E-state index contributed by atoms with van der Waals surface area (Å²) in [4.78, 5) is 0. The van der Waals surface area contributed by atoms with E-state index in [1.807, 2.05) is 0 Å². The molecule has 98 valence electrons. The molecule has 0 amide bonds. The van der Waals surface area contributed by atoms with Gasteiger partial charge in [0.1, 0.15) is 0 Å². The molecule has 0 saturated heterocycles. The van der Waals surface area contributed by atoms with Crippen LogP contribution in [-0.4, -0.2) is 30.0 Å². The molecule has 0 fully saturated rings. The van der Waals surface area contributed by atoms with E-state index in [1.165, 1.54) is 10.9 Å². The smallest absolute Gasteiger partial charge is 0.168 e. The first kappa shape index (κ1) is 14.4. The highest BCUT2D eigenvalue weighted by molar-refractivity contribution is 6.31. The zero-order valence-electron chi connectivity index (χ0n) is 10.4. The number of alkyl halides is 1. The quantitative estimate of drug-likeness (QED) is 0.854. The van der Waals surface area contributed by atoms with Crippen LogP contribution in [0, 0.1) is 5.92 Å². The molecule has 0 aliphatic rings. The fourth-order valence-electron chi connectivity index (χ4n) is 1.73. The lowest BCUT2D eigenvalue weighted by atomic mass is 9.89. The lowest BCUT2D eigenvalue weighted by Crippen LogP contribution is -2.38. The van der Waals surface area contributed by atoms with Crippen molar-refractivity contribution in [2.24, 2.45) is 11.7 Å². The van der Waals surface area contributed by atoms with Gasteiger partial charge in [-0.2, -0.15) is 5.10 Å². The Morgan fingerprint density at radius 2 is 2.29 bits per heavy atom. The monoisotopic (exact) mass is 263 g/mol. The van der Waals surface area contributed by atoms with Crippen LogP contribution in [0.25, 0.3) is 0 Å². The molecule has 17 heavy (non-hydrogen) atoms. The van der Waals surface area contributed by atoms with E-state index in [1.54, 1.807) is 21.0 Å². The number of aromatic nitrogens is 2. The van der Waals surface area contributed by atoms with E-state index in [0.29, 0.717) is 23.9 Å². The van der Waals surface area contributed by atoms with Gasteiger partial charge in [0.15, 0.2) is 5.67 Å². The van der Waals surface area contributed by atoms with Crippen molar-refractivity contribution in [3.63, 3.8) is 0 Å². The average Bonchev–Trinajstić information content (AvgIpc) is 2.67. The van der Waals surface area contributed by atoms with Crippen LogP contribution in [0.2, 0.25) is 5.02 Å². The standard InChI is InChI=1S/C11H19ClFN3O/c1-8(2)11(13,7-14)10-9(12)6-15-16(10)4-5-17-3/h6,8H,4-5,7,14H2,1-3H3. The third-order valence-electron chi connectivity index (χ3n) is 2.91. The zero-order chi connectivity index (χ0) is 13.1. The van der Waals surface area contributed by atoms with Gasteiger partial charge in [0, 0.05) is 13.7 Å². The van der Waals surface area contributed by atoms with Gasteiger partial charge in [0.25, 0.3) is 0 Å². The van der Waals surface area contributed by atoms with Gasteiger partial charge in [-0.15, -0.1) is 0 Å². The molecular formula is C11H19ClFN3O. The Hall–Kier alpha value is -0.650. The summed E-state index contributed by atoms with van der Waals surface area (Å²) in [5.74, 6) is -0.275. The van der Waals surface area contributed by atoms with Gasteiger partial charge in [-0.1, -0.05) is 25.4 Å². The van der Waals surface area contributed by atoms with Gasteiger partial charge in [-0.3, -0.25) is 4.68 Å². The van der Waals surface area contributed by atoms with E-state index >= 15 is 0 Å². The van der Waals surface area contributed by atoms with Crippen molar-refractivity contribution in [2.75, 3.05) is 20.3 Å². The Morgan fingerprint density at radius 3 is 2.76 bits per heavy atom. The molecule has 0 aliphatic heterocycles. The second kappa shape index (κ2) is 5.80. The molecular weight excluding hydrogens is 245 g/mol. The Morgan fingerprint density at radius 1 is 1.65 bits per heavy atom. The van der Waals surface area contributed by atoms with Gasteiger partial charge >= 0.3 is 0 Å². The molecule has 1 atom stereocenters. The van der Waals surface area contributed by atoms with Crippen molar-refractivity contribution in [1.82, 2.24) is 9.78 Å². The van der Waals surface area contributed by atoms with Gasteiger partial charge in [-0.25, -0.2) is 4.39 Å². The van der Waals surface area contributed by atoms with E-state index in [4.69, 9.17) is 22.1 Å². The molecule has 2 N–H and O–H groups in total. The highest BCUT2D eigenvalue weighted by Gasteiger charge is 2.39. The predicted octanol–water partition coefficient (Wildman–Crippen LogP) is 1.96. The molecule has 6 heteroatoms. The second-order valence-corrected chi connectivity index (χ2v) is 4.69. The SMILES string of the molecule is COCCn1ncc(Cl)c1C(F)(CN)C(C)C. The second-order valence-electron chi connectivity index (χ2n) is 4.28. The molecule has 0 spiro atoms. The summed E-state index contributed by atoms with van der Waals surface area (Å²) in [5, 5.41) is 4.37. The molecule has 1 rings (SSSR count). The number of methoxy groups -OCH3 is 1.